The minimum atomic E-state index is 0.967. The monoisotopic (exact) mass is 327 g/mol. The average molecular weight is 327 g/mol. The summed E-state index contributed by atoms with van der Waals surface area (Å²) in [5.41, 5.74) is 4.51. The standard InChI is InChI=1S/C22H21N3/c1-24(2)17-14-12-16(13-15-17)23-22-18-8-4-6-10-20(18)25(3)21-11-7-5-9-19(21)22/h4-15H,1-3H3. The Balaban J connectivity index is 2.06. The van der Waals surface area contributed by atoms with Crippen molar-refractivity contribution in [2.45, 2.75) is 0 Å². The minimum Gasteiger partial charge on any atom is -0.378 e. The molecule has 0 bridgehead atoms. The van der Waals surface area contributed by atoms with Gasteiger partial charge in [0.25, 0.3) is 0 Å². The fourth-order valence-corrected chi connectivity index (χ4v) is 3.28. The zero-order chi connectivity index (χ0) is 17.4. The molecule has 0 saturated carbocycles. The van der Waals surface area contributed by atoms with E-state index < -0.39 is 0 Å². The molecule has 3 nitrogen and oxygen atoms in total. The van der Waals surface area contributed by atoms with Crippen LogP contribution in [-0.4, -0.2) is 18.7 Å². The molecular formula is C22H21N3. The van der Waals surface area contributed by atoms with Gasteiger partial charge >= 0.3 is 0 Å². The number of anilines is 1. The van der Waals surface area contributed by atoms with Gasteiger partial charge < -0.3 is 9.47 Å². The molecule has 0 N–H and O–H groups in total. The molecule has 4 aromatic rings. The van der Waals surface area contributed by atoms with Crippen molar-refractivity contribution in [2.75, 3.05) is 19.0 Å². The number of fused-ring (bicyclic) bond motifs is 2. The number of pyridine rings is 1. The first-order valence-corrected chi connectivity index (χ1v) is 8.44. The second-order valence-electron chi connectivity index (χ2n) is 6.46. The van der Waals surface area contributed by atoms with Crippen molar-refractivity contribution >= 4 is 33.2 Å². The molecule has 25 heavy (non-hydrogen) atoms. The number of nitrogens with zero attached hydrogens (tertiary/aromatic N) is 3. The summed E-state index contributed by atoms with van der Waals surface area (Å²) in [7, 11) is 6.20. The summed E-state index contributed by atoms with van der Waals surface area (Å²) in [6, 6.07) is 25.3. The number of rotatable bonds is 2. The Bertz CT molecular complexity index is 1060. The quantitative estimate of drug-likeness (QED) is 0.492. The molecule has 4 rings (SSSR count). The van der Waals surface area contributed by atoms with Crippen molar-refractivity contribution < 1.29 is 0 Å². The van der Waals surface area contributed by atoms with E-state index in [1.165, 1.54) is 27.5 Å². The lowest BCUT2D eigenvalue weighted by Gasteiger charge is -2.13. The molecule has 0 radical (unpaired) electrons. The highest BCUT2D eigenvalue weighted by Crippen LogP contribution is 2.21. The van der Waals surface area contributed by atoms with Gasteiger partial charge in [0.2, 0.25) is 0 Å². The van der Waals surface area contributed by atoms with Crippen molar-refractivity contribution in [3.05, 3.63) is 78.2 Å². The van der Waals surface area contributed by atoms with Crippen molar-refractivity contribution in [3.63, 3.8) is 0 Å². The average Bonchev–Trinajstić information content (AvgIpc) is 2.65. The zero-order valence-electron chi connectivity index (χ0n) is 14.8. The third-order valence-corrected chi connectivity index (χ3v) is 4.65. The van der Waals surface area contributed by atoms with Gasteiger partial charge in [-0.2, -0.15) is 0 Å². The predicted octanol–water partition coefficient (Wildman–Crippen LogP) is 4.63. The van der Waals surface area contributed by atoms with Gasteiger partial charge in [-0.15, -0.1) is 0 Å². The second kappa shape index (κ2) is 6.10. The van der Waals surface area contributed by atoms with Gasteiger partial charge in [0.15, 0.2) is 0 Å². The van der Waals surface area contributed by atoms with Crippen LogP contribution in [0.1, 0.15) is 0 Å². The largest absolute Gasteiger partial charge is 0.378 e. The predicted molar refractivity (Wildman–Crippen MR) is 106 cm³/mol. The third kappa shape index (κ3) is 2.68. The molecule has 3 heteroatoms. The first kappa shape index (κ1) is 15.5. The van der Waals surface area contributed by atoms with Crippen LogP contribution in [0.15, 0.2) is 77.8 Å². The van der Waals surface area contributed by atoms with Crippen LogP contribution in [0.25, 0.3) is 21.8 Å². The van der Waals surface area contributed by atoms with E-state index in [0.717, 1.165) is 11.0 Å². The Morgan fingerprint density at radius 1 is 0.720 bits per heavy atom. The highest BCUT2D eigenvalue weighted by molar-refractivity contribution is 5.93. The molecule has 0 unspecified atom stereocenters. The molecule has 124 valence electrons. The smallest absolute Gasteiger partial charge is 0.0823 e. The molecule has 3 aromatic carbocycles. The topological polar surface area (TPSA) is 20.5 Å². The zero-order valence-corrected chi connectivity index (χ0v) is 14.8. The summed E-state index contributed by atoms with van der Waals surface area (Å²) in [6.45, 7) is 0. The van der Waals surface area contributed by atoms with Crippen LogP contribution in [0.2, 0.25) is 0 Å². The number of aromatic nitrogens is 1. The Morgan fingerprint density at radius 3 is 1.76 bits per heavy atom. The fourth-order valence-electron chi connectivity index (χ4n) is 3.28. The maximum Gasteiger partial charge on any atom is 0.0823 e. The molecule has 0 amide bonds. The molecule has 0 atom stereocenters. The van der Waals surface area contributed by atoms with E-state index in [-0.39, 0.29) is 0 Å². The number of aryl methyl sites for hydroxylation is 1. The summed E-state index contributed by atoms with van der Waals surface area (Å²) in [6.07, 6.45) is 0. The van der Waals surface area contributed by atoms with Gasteiger partial charge in [-0.3, -0.25) is 0 Å². The number of hydrogen-bond donors (Lipinski definition) is 0. The molecule has 0 saturated heterocycles. The van der Waals surface area contributed by atoms with Crippen LogP contribution in [-0.2, 0) is 7.05 Å². The molecule has 1 heterocycles. The third-order valence-electron chi connectivity index (χ3n) is 4.65. The van der Waals surface area contributed by atoms with Gasteiger partial charge in [0.05, 0.1) is 22.1 Å². The van der Waals surface area contributed by atoms with Gasteiger partial charge in [0, 0.05) is 37.6 Å². The number of para-hydroxylation sites is 2. The molecular weight excluding hydrogens is 306 g/mol. The molecule has 0 aliphatic carbocycles. The summed E-state index contributed by atoms with van der Waals surface area (Å²) in [4.78, 5) is 7.10. The van der Waals surface area contributed by atoms with Gasteiger partial charge in [-0.25, -0.2) is 4.99 Å². The van der Waals surface area contributed by atoms with Crippen LogP contribution in [0.3, 0.4) is 0 Å². The summed E-state index contributed by atoms with van der Waals surface area (Å²) >= 11 is 0. The first-order valence-electron chi connectivity index (χ1n) is 8.44. The summed E-state index contributed by atoms with van der Waals surface area (Å²) in [5.74, 6) is 0. The summed E-state index contributed by atoms with van der Waals surface area (Å²) < 4.78 is 2.23. The van der Waals surface area contributed by atoms with Gasteiger partial charge in [-0.05, 0) is 36.4 Å². The Morgan fingerprint density at radius 2 is 1.24 bits per heavy atom. The van der Waals surface area contributed by atoms with Crippen molar-refractivity contribution in [2.24, 2.45) is 12.0 Å². The van der Waals surface area contributed by atoms with E-state index in [0.29, 0.717) is 0 Å². The lowest BCUT2D eigenvalue weighted by molar-refractivity contribution is 1.00. The molecule has 0 aliphatic heterocycles. The lowest BCUT2D eigenvalue weighted by atomic mass is 10.1. The van der Waals surface area contributed by atoms with Gasteiger partial charge in [0.1, 0.15) is 0 Å². The minimum absolute atomic E-state index is 0.967. The number of benzene rings is 3. The van der Waals surface area contributed by atoms with E-state index in [1.807, 2.05) is 14.1 Å². The molecule has 0 fully saturated rings. The Kier molecular flexibility index (Phi) is 3.77. The first-order chi connectivity index (χ1) is 12.1. The van der Waals surface area contributed by atoms with Crippen LogP contribution in [0, 0.1) is 0 Å². The summed E-state index contributed by atoms with van der Waals surface area (Å²) in [5, 5.41) is 3.36. The van der Waals surface area contributed by atoms with Crippen LogP contribution >= 0.6 is 0 Å². The Labute approximate surface area is 147 Å². The maximum absolute atomic E-state index is 5.01. The van der Waals surface area contributed by atoms with Gasteiger partial charge in [-0.1, -0.05) is 36.4 Å². The molecule has 0 spiro atoms. The van der Waals surface area contributed by atoms with Crippen LogP contribution in [0.5, 0.6) is 0 Å². The van der Waals surface area contributed by atoms with Crippen LogP contribution in [0.4, 0.5) is 11.4 Å². The van der Waals surface area contributed by atoms with Crippen LogP contribution < -0.4 is 10.3 Å². The molecule has 1 aromatic heterocycles. The highest BCUT2D eigenvalue weighted by Gasteiger charge is 2.06. The van der Waals surface area contributed by atoms with Crippen molar-refractivity contribution in [1.29, 1.82) is 0 Å². The SMILES string of the molecule is CN(C)c1ccc(N=c2c3ccccc3n(C)c3ccccc23)cc1. The van der Waals surface area contributed by atoms with E-state index in [2.05, 4.69) is 89.3 Å². The van der Waals surface area contributed by atoms with E-state index >= 15 is 0 Å². The molecule has 0 aliphatic rings. The number of hydrogen-bond acceptors (Lipinski definition) is 2. The van der Waals surface area contributed by atoms with E-state index in [1.54, 1.807) is 0 Å². The highest BCUT2D eigenvalue weighted by atomic mass is 15.1. The van der Waals surface area contributed by atoms with E-state index in [4.69, 9.17) is 4.99 Å². The van der Waals surface area contributed by atoms with Crippen molar-refractivity contribution in [3.8, 4) is 0 Å². The normalized spacial score (nSPS) is 11.0. The van der Waals surface area contributed by atoms with E-state index in [9.17, 15) is 0 Å². The Hall–Kier alpha value is -3.07. The van der Waals surface area contributed by atoms with Crippen molar-refractivity contribution in [1.82, 2.24) is 4.57 Å². The second-order valence-corrected chi connectivity index (χ2v) is 6.46. The lowest BCUT2D eigenvalue weighted by Crippen LogP contribution is -2.10. The fraction of sp³-hybridized carbons (Fsp3) is 0.136. The maximum atomic E-state index is 5.01.